The molecule has 1 rings (SSSR count). The number of likely N-dealkylation sites (N-methyl/N-ethyl adjacent to an activating group) is 1. The summed E-state index contributed by atoms with van der Waals surface area (Å²) >= 11 is 0. The van der Waals surface area contributed by atoms with Crippen LogP contribution in [0.5, 0.6) is 17.2 Å². The van der Waals surface area contributed by atoms with E-state index in [2.05, 4.69) is 10.6 Å². The fourth-order valence-corrected chi connectivity index (χ4v) is 1.81. The molecule has 1 aromatic carbocycles. The molecule has 0 bridgehead atoms. The Labute approximate surface area is 135 Å². The lowest BCUT2D eigenvalue weighted by molar-refractivity contribution is -0.136. The Bertz CT molecular complexity index is 535. The van der Waals surface area contributed by atoms with Crippen LogP contribution in [0.1, 0.15) is 0 Å². The fraction of sp³-hybridized carbons (Fsp3) is 0.467. The van der Waals surface area contributed by atoms with E-state index in [0.29, 0.717) is 36.0 Å². The highest BCUT2D eigenvalue weighted by atomic mass is 16.5. The van der Waals surface area contributed by atoms with Crippen molar-refractivity contribution in [2.24, 2.45) is 0 Å². The molecular formula is C15H23N3O5. The van der Waals surface area contributed by atoms with Gasteiger partial charge in [-0.05, 0) is 14.1 Å². The van der Waals surface area contributed by atoms with Crippen LogP contribution in [0.2, 0.25) is 0 Å². The van der Waals surface area contributed by atoms with E-state index in [4.69, 9.17) is 14.2 Å². The van der Waals surface area contributed by atoms with Gasteiger partial charge in [0, 0.05) is 30.9 Å². The Kier molecular flexibility index (Phi) is 7.14. The second-order valence-corrected chi connectivity index (χ2v) is 4.93. The highest BCUT2D eigenvalue weighted by Crippen LogP contribution is 2.39. The molecule has 0 saturated heterocycles. The summed E-state index contributed by atoms with van der Waals surface area (Å²) in [4.78, 5) is 25.5. The summed E-state index contributed by atoms with van der Waals surface area (Å²) in [6, 6.07) is 3.10. The number of nitrogens with zero attached hydrogens (tertiary/aromatic N) is 1. The minimum absolute atomic E-state index is 0.368. The summed E-state index contributed by atoms with van der Waals surface area (Å²) in [5.41, 5.74) is 0.368. The molecule has 0 aliphatic rings. The molecular weight excluding hydrogens is 302 g/mol. The van der Waals surface area contributed by atoms with Crippen molar-refractivity contribution >= 4 is 17.5 Å². The molecule has 0 aromatic heterocycles. The molecule has 1 aromatic rings. The van der Waals surface area contributed by atoms with Gasteiger partial charge in [-0.1, -0.05) is 0 Å². The molecule has 0 atom stereocenters. The zero-order valence-corrected chi connectivity index (χ0v) is 14.1. The van der Waals surface area contributed by atoms with E-state index < -0.39 is 11.8 Å². The first-order chi connectivity index (χ1) is 10.9. The standard InChI is InChI=1S/C15H23N3O5/c1-18(2)7-6-16-14(19)15(20)17-10-8-11(21-3)13(23-5)12(9-10)22-4/h8-9H,6-7H2,1-5H3,(H,16,19)(H,17,20). The van der Waals surface area contributed by atoms with E-state index in [1.807, 2.05) is 19.0 Å². The normalized spacial score (nSPS) is 10.2. The lowest BCUT2D eigenvalue weighted by Gasteiger charge is -2.14. The third-order valence-electron chi connectivity index (χ3n) is 2.97. The molecule has 0 fully saturated rings. The molecule has 0 spiro atoms. The van der Waals surface area contributed by atoms with Crippen molar-refractivity contribution in [1.82, 2.24) is 10.2 Å². The second kappa shape index (κ2) is 8.84. The minimum atomic E-state index is -0.766. The van der Waals surface area contributed by atoms with Crippen LogP contribution in [-0.4, -0.2) is 65.2 Å². The maximum absolute atomic E-state index is 11.9. The second-order valence-electron chi connectivity index (χ2n) is 4.93. The number of amides is 2. The maximum Gasteiger partial charge on any atom is 0.313 e. The number of anilines is 1. The zero-order valence-electron chi connectivity index (χ0n) is 14.1. The summed E-state index contributed by atoms with van der Waals surface area (Å²) in [5, 5.41) is 5.03. The number of methoxy groups -OCH3 is 3. The van der Waals surface area contributed by atoms with Crippen molar-refractivity contribution in [3.8, 4) is 17.2 Å². The molecule has 2 amide bonds. The predicted octanol–water partition coefficient (Wildman–Crippen LogP) is 0.329. The molecule has 0 heterocycles. The number of hydrogen-bond acceptors (Lipinski definition) is 6. The van der Waals surface area contributed by atoms with Gasteiger partial charge in [-0.15, -0.1) is 0 Å². The summed E-state index contributed by atoms with van der Waals surface area (Å²) in [7, 11) is 8.18. The number of benzene rings is 1. The van der Waals surface area contributed by atoms with E-state index in [1.54, 1.807) is 12.1 Å². The monoisotopic (exact) mass is 325 g/mol. The number of hydrogen-bond donors (Lipinski definition) is 2. The molecule has 0 unspecified atom stereocenters. The Morgan fingerprint density at radius 2 is 1.57 bits per heavy atom. The van der Waals surface area contributed by atoms with Crippen LogP contribution in [0.4, 0.5) is 5.69 Å². The van der Waals surface area contributed by atoms with Crippen LogP contribution in [0.3, 0.4) is 0 Å². The minimum Gasteiger partial charge on any atom is -0.493 e. The Hall–Kier alpha value is -2.48. The summed E-state index contributed by atoms with van der Waals surface area (Å²) in [6.45, 7) is 1.03. The maximum atomic E-state index is 11.9. The first-order valence-electron chi connectivity index (χ1n) is 6.96. The summed E-state index contributed by atoms with van der Waals surface area (Å²) in [5.74, 6) is -0.299. The summed E-state index contributed by atoms with van der Waals surface area (Å²) < 4.78 is 15.6. The molecule has 0 aliphatic heterocycles. The highest BCUT2D eigenvalue weighted by Gasteiger charge is 2.17. The number of rotatable bonds is 7. The lowest BCUT2D eigenvalue weighted by Crippen LogP contribution is -2.38. The van der Waals surface area contributed by atoms with Crippen LogP contribution in [0.15, 0.2) is 12.1 Å². The van der Waals surface area contributed by atoms with Crippen LogP contribution in [0, 0.1) is 0 Å². The first kappa shape index (κ1) is 18.6. The van der Waals surface area contributed by atoms with E-state index in [9.17, 15) is 9.59 Å². The van der Waals surface area contributed by atoms with Gasteiger partial charge in [0.15, 0.2) is 11.5 Å². The number of nitrogens with one attached hydrogen (secondary N) is 2. The van der Waals surface area contributed by atoms with E-state index in [1.165, 1.54) is 21.3 Å². The fourth-order valence-electron chi connectivity index (χ4n) is 1.81. The predicted molar refractivity (Wildman–Crippen MR) is 86.3 cm³/mol. The van der Waals surface area contributed by atoms with E-state index >= 15 is 0 Å². The van der Waals surface area contributed by atoms with Crippen molar-refractivity contribution in [1.29, 1.82) is 0 Å². The van der Waals surface area contributed by atoms with Gasteiger partial charge in [0.2, 0.25) is 5.75 Å². The summed E-state index contributed by atoms with van der Waals surface area (Å²) in [6.07, 6.45) is 0. The van der Waals surface area contributed by atoms with E-state index in [0.717, 1.165) is 0 Å². The topological polar surface area (TPSA) is 89.1 Å². The molecule has 2 N–H and O–H groups in total. The van der Waals surface area contributed by atoms with Gasteiger partial charge in [-0.3, -0.25) is 9.59 Å². The van der Waals surface area contributed by atoms with Gasteiger partial charge >= 0.3 is 11.8 Å². The number of carbonyl (C=O) groups excluding carboxylic acids is 2. The molecule has 23 heavy (non-hydrogen) atoms. The van der Waals surface area contributed by atoms with Crippen molar-refractivity contribution in [3.05, 3.63) is 12.1 Å². The van der Waals surface area contributed by atoms with Crippen LogP contribution in [0.25, 0.3) is 0 Å². The first-order valence-corrected chi connectivity index (χ1v) is 6.96. The average Bonchev–Trinajstić information content (AvgIpc) is 2.53. The highest BCUT2D eigenvalue weighted by molar-refractivity contribution is 6.39. The van der Waals surface area contributed by atoms with Gasteiger partial charge in [-0.2, -0.15) is 0 Å². The number of carbonyl (C=O) groups is 2. The molecule has 8 heteroatoms. The molecule has 0 radical (unpaired) electrons. The quantitative estimate of drug-likeness (QED) is 0.702. The molecule has 0 saturated carbocycles. The Balaban J connectivity index is 2.79. The van der Waals surface area contributed by atoms with Crippen LogP contribution < -0.4 is 24.8 Å². The largest absolute Gasteiger partial charge is 0.493 e. The molecule has 128 valence electrons. The van der Waals surface area contributed by atoms with Crippen LogP contribution in [-0.2, 0) is 9.59 Å². The zero-order chi connectivity index (χ0) is 17.4. The van der Waals surface area contributed by atoms with E-state index in [-0.39, 0.29) is 0 Å². The average molecular weight is 325 g/mol. The molecule has 8 nitrogen and oxygen atoms in total. The third kappa shape index (κ3) is 5.33. The Morgan fingerprint density at radius 3 is 2.00 bits per heavy atom. The molecule has 0 aliphatic carbocycles. The van der Waals surface area contributed by atoms with Crippen molar-refractivity contribution in [2.75, 3.05) is 53.8 Å². The van der Waals surface area contributed by atoms with Gasteiger partial charge in [0.1, 0.15) is 0 Å². The van der Waals surface area contributed by atoms with Gasteiger partial charge in [0.25, 0.3) is 0 Å². The van der Waals surface area contributed by atoms with Gasteiger partial charge < -0.3 is 29.7 Å². The van der Waals surface area contributed by atoms with Crippen molar-refractivity contribution in [3.63, 3.8) is 0 Å². The number of ether oxygens (including phenoxy) is 3. The SMILES string of the molecule is COc1cc(NC(=O)C(=O)NCCN(C)C)cc(OC)c1OC. The van der Waals surface area contributed by atoms with Crippen molar-refractivity contribution in [2.45, 2.75) is 0 Å². The van der Waals surface area contributed by atoms with Crippen LogP contribution >= 0.6 is 0 Å². The lowest BCUT2D eigenvalue weighted by atomic mass is 10.2. The Morgan fingerprint density at radius 1 is 1.00 bits per heavy atom. The smallest absolute Gasteiger partial charge is 0.313 e. The van der Waals surface area contributed by atoms with Gasteiger partial charge in [0.05, 0.1) is 21.3 Å². The third-order valence-corrected chi connectivity index (χ3v) is 2.97. The van der Waals surface area contributed by atoms with Crippen molar-refractivity contribution < 1.29 is 23.8 Å². The van der Waals surface area contributed by atoms with Gasteiger partial charge in [-0.25, -0.2) is 0 Å².